The minimum Gasteiger partial charge on any atom is -0.479 e. The third-order valence-electron chi connectivity index (χ3n) is 1.61. The standard InChI is InChI=1S/C11H14N2O/c1-9(2)13-10-3-5-11(6-4-10)14-8-7-12/h3-6,9,13H,8H2,1-2H3. The van der Waals surface area contributed by atoms with Gasteiger partial charge in [0.15, 0.2) is 6.61 Å². The van der Waals surface area contributed by atoms with Crippen LogP contribution in [-0.4, -0.2) is 12.6 Å². The highest BCUT2D eigenvalue weighted by atomic mass is 16.5. The number of hydrogen-bond donors (Lipinski definition) is 1. The Kier molecular flexibility index (Phi) is 3.81. The molecule has 14 heavy (non-hydrogen) atoms. The van der Waals surface area contributed by atoms with E-state index < -0.39 is 0 Å². The Labute approximate surface area is 84.3 Å². The average molecular weight is 190 g/mol. The van der Waals surface area contributed by atoms with Gasteiger partial charge in [0.1, 0.15) is 11.8 Å². The molecule has 3 nitrogen and oxygen atoms in total. The second-order valence-corrected chi connectivity index (χ2v) is 3.27. The molecule has 3 heteroatoms. The zero-order chi connectivity index (χ0) is 10.4. The van der Waals surface area contributed by atoms with Gasteiger partial charge in [0, 0.05) is 11.7 Å². The van der Waals surface area contributed by atoms with E-state index >= 15 is 0 Å². The van der Waals surface area contributed by atoms with Gasteiger partial charge in [-0.15, -0.1) is 0 Å². The van der Waals surface area contributed by atoms with Crippen LogP contribution in [0.25, 0.3) is 0 Å². The maximum Gasteiger partial charge on any atom is 0.174 e. The molecule has 0 amide bonds. The first-order chi connectivity index (χ1) is 6.72. The third kappa shape index (κ3) is 3.36. The van der Waals surface area contributed by atoms with Gasteiger partial charge in [-0.05, 0) is 38.1 Å². The number of rotatable bonds is 4. The second kappa shape index (κ2) is 5.13. The van der Waals surface area contributed by atoms with Crippen molar-refractivity contribution in [3.63, 3.8) is 0 Å². The highest BCUT2D eigenvalue weighted by Gasteiger charge is 1.96. The van der Waals surface area contributed by atoms with Gasteiger partial charge >= 0.3 is 0 Å². The quantitative estimate of drug-likeness (QED) is 0.793. The van der Waals surface area contributed by atoms with E-state index in [1.165, 1.54) is 0 Å². The van der Waals surface area contributed by atoms with Crippen LogP contribution in [0.2, 0.25) is 0 Å². The minimum absolute atomic E-state index is 0.0942. The van der Waals surface area contributed by atoms with E-state index in [0.717, 1.165) is 11.4 Å². The molecule has 0 saturated heterocycles. The van der Waals surface area contributed by atoms with Gasteiger partial charge < -0.3 is 10.1 Å². The van der Waals surface area contributed by atoms with Crippen LogP contribution in [0.1, 0.15) is 13.8 Å². The van der Waals surface area contributed by atoms with Crippen molar-refractivity contribution in [1.29, 1.82) is 5.26 Å². The lowest BCUT2D eigenvalue weighted by molar-refractivity contribution is 0.368. The summed E-state index contributed by atoms with van der Waals surface area (Å²) in [6, 6.07) is 9.92. The predicted octanol–water partition coefficient (Wildman–Crippen LogP) is 2.41. The zero-order valence-corrected chi connectivity index (χ0v) is 8.45. The average Bonchev–Trinajstić information content (AvgIpc) is 2.16. The molecule has 0 unspecified atom stereocenters. The molecule has 0 aromatic heterocycles. The van der Waals surface area contributed by atoms with E-state index in [0.29, 0.717) is 6.04 Å². The molecule has 74 valence electrons. The summed E-state index contributed by atoms with van der Waals surface area (Å²) >= 11 is 0. The summed E-state index contributed by atoms with van der Waals surface area (Å²) in [7, 11) is 0. The van der Waals surface area contributed by atoms with Crippen molar-refractivity contribution < 1.29 is 4.74 Å². The monoisotopic (exact) mass is 190 g/mol. The molecule has 1 rings (SSSR count). The van der Waals surface area contributed by atoms with E-state index in [1.807, 2.05) is 30.3 Å². The van der Waals surface area contributed by atoms with Gasteiger partial charge in [0.25, 0.3) is 0 Å². The van der Waals surface area contributed by atoms with Gasteiger partial charge in [-0.1, -0.05) is 0 Å². The second-order valence-electron chi connectivity index (χ2n) is 3.27. The summed E-state index contributed by atoms with van der Waals surface area (Å²) in [6.45, 7) is 4.26. The first kappa shape index (κ1) is 10.4. The van der Waals surface area contributed by atoms with E-state index in [1.54, 1.807) is 0 Å². The van der Waals surface area contributed by atoms with Crippen LogP contribution in [0.15, 0.2) is 24.3 Å². The van der Waals surface area contributed by atoms with E-state index in [9.17, 15) is 0 Å². The molecular weight excluding hydrogens is 176 g/mol. The molecule has 0 atom stereocenters. The summed E-state index contributed by atoms with van der Waals surface area (Å²) in [4.78, 5) is 0. The number of hydrogen-bond acceptors (Lipinski definition) is 3. The Hall–Kier alpha value is -1.69. The van der Waals surface area contributed by atoms with E-state index in [4.69, 9.17) is 10.00 Å². The number of nitriles is 1. The highest BCUT2D eigenvalue weighted by Crippen LogP contribution is 2.15. The van der Waals surface area contributed by atoms with Gasteiger partial charge in [-0.3, -0.25) is 0 Å². The lowest BCUT2D eigenvalue weighted by atomic mass is 10.3. The number of benzene rings is 1. The first-order valence-corrected chi connectivity index (χ1v) is 4.58. The van der Waals surface area contributed by atoms with Crippen molar-refractivity contribution in [1.82, 2.24) is 0 Å². The number of nitrogens with zero attached hydrogens (tertiary/aromatic N) is 1. The van der Waals surface area contributed by atoms with Crippen molar-refractivity contribution in [3.05, 3.63) is 24.3 Å². The molecule has 0 fully saturated rings. The summed E-state index contributed by atoms with van der Waals surface area (Å²) in [6.07, 6.45) is 0. The van der Waals surface area contributed by atoms with Gasteiger partial charge in [-0.2, -0.15) is 5.26 Å². The van der Waals surface area contributed by atoms with E-state index in [2.05, 4.69) is 19.2 Å². The fourth-order valence-electron chi connectivity index (χ4n) is 1.10. The van der Waals surface area contributed by atoms with Crippen molar-refractivity contribution >= 4 is 5.69 Å². The van der Waals surface area contributed by atoms with Crippen LogP contribution in [0.5, 0.6) is 5.75 Å². The molecular formula is C11H14N2O. The largest absolute Gasteiger partial charge is 0.479 e. The molecule has 0 bridgehead atoms. The van der Waals surface area contributed by atoms with Crippen molar-refractivity contribution in [3.8, 4) is 11.8 Å². The lowest BCUT2D eigenvalue weighted by Crippen LogP contribution is -2.09. The van der Waals surface area contributed by atoms with Crippen LogP contribution in [-0.2, 0) is 0 Å². The minimum atomic E-state index is 0.0942. The van der Waals surface area contributed by atoms with Crippen molar-refractivity contribution in [2.75, 3.05) is 11.9 Å². The smallest absolute Gasteiger partial charge is 0.174 e. The fourth-order valence-corrected chi connectivity index (χ4v) is 1.10. The first-order valence-electron chi connectivity index (χ1n) is 4.58. The lowest BCUT2D eigenvalue weighted by Gasteiger charge is -2.10. The van der Waals surface area contributed by atoms with Gasteiger partial charge in [0.05, 0.1) is 0 Å². The van der Waals surface area contributed by atoms with Gasteiger partial charge in [0.2, 0.25) is 0 Å². The Bertz CT molecular complexity index is 311. The van der Waals surface area contributed by atoms with Crippen LogP contribution in [0.3, 0.4) is 0 Å². The molecule has 0 spiro atoms. The predicted molar refractivity (Wildman–Crippen MR) is 56.3 cm³/mol. The van der Waals surface area contributed by atoms with Crippen LogP contribution >= 0.6 is 0 Å². The molecule has 1 aromatic carbocycles. The van der Waals surface area contributed by atoms with Crippen LogP contribution < -0.4 is 10.1 Å². The summed E-state index contributed by atoms with van der Waals surface area (Å²) in [5, 5.41) is 11.6. The Morgan fingerprint density at radius 2 is 2.00 bits per heavy atom. The number of anilines is 1. The van der Waals surface area contributed by atoms with Crippen molar-refractivity contribution in [2.24, 2.45) is 0 Å². The Morgan fingerprint density at radius 1 is 1.36 bits per heavy atom. The van der Waals surface area contributed by atoms with Crippen molar-refractivity contribution in [2.45, 2.75) is 19.9 Å². The highest BCUT2D eigenvalue weighted by molar-refractivity contribution is 5.46. The SMILES string of the molecule is CC(C)Nc1ccc(OCC#N)cc1. The molecule has 0 saturated carbocycles. The van der Waals surface area contributed by atoms with Gasteiger partial charge in [-0.25, -0.2) is 0 Å². The molecule has 0 aliphatic rings. The van der Waals surface area contributed by atoms with E-state index in [-0.39, 0.29) is 6.61 Å². The maximum atomic E-state index is 8.31. The zero-order valence-electron chi connectivity index (χ0n) is 8.45. The Morgan fingerprint density at radius 3 is 2.50 bits per heavy atom. The molecule has 1 aromatic rings. The Balaban J connectivity index is 2.56. The third-order valence-corrected chi connectivity index (χ3v) is 1.61. The van der Waals surface area contributed by atoms with Crippen LogP contribution in [0, 0.1) is 11.3 Å². The summed E-state index contributed by atoms with van der Waals surface area (Å²) in [5.41, 5.74) is 1.06. The summed E-state index contributed by atoms with van der Waals surface area (Å²) in [5.74, 6) is 0.723. The molecule has 0 heterocycles. The molecule has 0 radical (unpaired) electrons. The molecule has 0 aliphatic heterocycles. The maximum absolute atomic E-state index is 8.31. The number of nitrogens with one attached hydrogen (secondary N) is 1. The molecule has 1 N–H and O–H groups in total. The summed E-state index contributed by atoms with van der Waals surface area (Å²) < 4.78 is 5.13. The topological polar surface area (TPSA) is 45.0 Å². The fraction of sp³-hybridized carbons (Fsp3) is 0.364. The molecule has 0 aliphatic carbocycles. The normalized spacial score (nSPS) is 9.57. The number of ether oxygens (including phenoxy) is 1. The van der Waals surface area contributed by atoms with Crippen LogP contribution in [0.4, 0.5) is 5.69 Å².